The van der Waals surface area contributed by atoms with E-state index in [1.54, 1.807) is 74.5 Å². The average molecular weight is 996 g/mol. The van der Waals surface area contributed by atoms with Gasteiger partial charge >= 0.3 is 11.9 Å². The van der Waals surface area contributed by atoms with E-state index in [4.69, 9.17) is 5.73 Å². The molecule has 0 saturated carbocycles. The van der Waals surface area contributed by atoms with Crippen molar-refractivity contribution in [3.05, 3.63) is 90.0 Å². The minimum Gasteiger partial charge on any atom is -0.481 e. The van der Waals surface area contributed by atoms with Crippen LogP contribution >= 0.6 is 0 Å². The Bertz CT molecular complexity index is 2270. The first-order chi connectivity index (χ1) is 33.7. The van der Waals surface area contributed by atoms with Crippen molar-refractivity contribution in [2.75, 3.05) is 26.4 Å². The van der Waals surface area contributed by atoms with Gasteiger partial charge < -0.3 is 78.8 Å². The van der Waals surface area contributed by atoms with E-state index in [1.807, 2.05) is 0 Å². The molecule has 26 heteroatoms. The van der Waals surface area contributed by atoms with E-state index >= 15 is 0 Å². The van der Waals surface area contributed by atoms with Gasteiger partial charge in [0.1, 0.15) is 48.3 Å². The number of carbonyl (C=O) groups excluding carboxylic acids is 8. The van der Waals surface area contributed by atoms with Gasteiger partial charge in [-0.25, -0.2) is 9.78 Å². The van der Waals surface area contributed by atoms with Gasteiger partial charge in [-0.05, 0) is 23.5 Å². The number of hydrogen-bond acceptors (Lipinski definition) is 15. The third-order valence-corrected chi connectivity index (χ3v) is 10.4. The Kier molecular flexibility index (Phi) is 23.7. The van der Waals surface area contributed by atoms with Crippen LogP contribution in [0.4, 0.5) is 0 Å². The molecule has 2 aromatic carbocycles. The number of nitrogens with one attached hydrogen (secondary N) is 9. The summed E-state index contributed by atoms with van der Waals surface area (Å²) in [5.74, 6) is -11.4. The maximum Gasteiger partial charge on any atom is 0.326 e. The van der Waals surface area contributed by atoms with Crippen LogP contribution in [0.15, 0.2) is 73.2 Å². The summed E-state index contributed by atoms with van der Waals surface area (Å²) in [6.45, 7) is -0.253. The molecule has 71 heavy (non-hydrogen) atoms. The van der Waals surface area contributed by atoms with Crippen molar-refractivity contribution in [3.8, 4) is 0 Å². The van der Waals surface area contributed by atoms with Crippen molar-refractivity contribution in [2.24, 2.45) is 11.7 Å². The van der Waals surface area contributed by atoms with Gasteiger partial charge in [0.2, 0.25) is 47.3 Å². The van der Waals surface area contributed by atoms with Gasteiger partial charge in [-0.2, -0.15) is 0 Å². The van der Waals surface area contributed by atoms with Gasteiger partial charge in [-0.1, -0.05) is 74.5 Å². The molecule has 0 bridgehead atoms. The van der Waals surface area contributed by atoms with E-state index in [0.717, 1.165) is 0 Å². The number of rotatable bonds is 30. The molecule has 0 spiro atoms. The summed E-state index contributed by atoms with van der Waals surface area (Å²) in [6.07, 6.45) is 1.08. The molecule has 8 amide bonds. The molecule has 16 N–H and O–H groups in total. The quantitative estimate of drug-likeness (QED) is 0.0297. The first kappa shape index (κ1) is 57.5. The largest absolute Gasteiger partial charge is 0.481 e. The molecule has 386 valence electrons. The number of nitrogens with zero attached hydrogens (tertiary/aromatic N) is 1. The van der Waals surface area contributed by atoms with E-state index in [-0.39, 0.29) is 31.6 Å². The highest BCUT2D eigenvalue weighted by molar-refractivity contribution is 5.98. The van der Waals surface area contributed by atoms with Crippen LogP contribution in [0.1, 0.15) is 43.5 Å². The first-order valence-corrected chi connectivity index (χ1v) is 22.2. The van der Waals surface area contributed by atoms with Crippen LogP contribution in [0.3, 0.4) is 0 Å². The van der Waals surface area contributed by atoms with Crippen LogP contribution in [0.5, 0.6) is 0 Å². The first-order valence-electron chi connectivity index (χ1n) is 22.2. The average Bonchev–Trinajstić information content (AvgIpc) is 3.86. The van der Waals surface area contributed by atoms with Gasteiger partial charge in [0.15, 0.2) is 0 Å². The molecular weight excluding hydrogens is 935 g/mol. The molecule has 0 fully saturated rings. The number of carboxylic acid groups (broad SMARTS) is 2. The summed E-state index contributed by atoms with van der Waals surface area (Å²) < 4.78 is 0. The number of H-pyrrole nitrogens is 1. The van der Waals surface area contributed by atoms with Crippen molar-refractivity contribution in [1.82, 2.24) is 52.5 Å². The highest BCUT2D eigenvalue weighted by Crippen LogP contribution is 2.10. The number of aliphatic carboxylic acids is 2. The van der Waals surface area contributed by atoms with E-state index < -0.39 is 140 Å². The Hall–Kier alpha value is -7.81. The fourth-order valence-corrected chi connectivity index (χ4v) is 6.67. The smallest absolute Gasteiger partial charge is 0.326 e. The minimum atomic E-state index is -1.96. The van der Waals surface area contributed by atoms with Crippen molar-refractivity contribution in [1.29, 1.82) is 0 Å². The molecule has 0 aliphatic carbocycles. The van der Waals surface area contributed by atoms with Gasteiger partial charge in [-0.3, -0.25) is 43.2 Å². The van der Waals surface area contributed by atoms with E-state index in [1.165, 1.54) is 12.5 Å². The fourth-order valence-electron chi connectivity index (χ4n) is 6.67. The maximum atomic E-state index is 14.2. The molecule has 0 saturated heterocycles. The number of hydrogen-bond donors (Lipinski definition) is 15. The molecular formula is C45H61N11O15. The van der Waals surface area contributed by atoms with Crippen LogP contribution in [0.2, 0.25) is 0 Å². The number of carbonyl (C=O) groups is 10. The Balaban J connectivity index is 1.81. The predicted molar refractivity (Wildman–Crippen MR) is 248 cm³/mol. The number of aromatic nitrogens is 2. The summed E-state index contributed by atoms with van der Waals surface area (Å²) in [7, 11) is 0. The molecule has 26 nitrogen and oxygen atoms in total. The number of benzene rings is 2. The summed E-state index contributed by atoms with van der Waals surface area (Å²) in [5.41, 5.74) is 7.15. The lowest BCUT2D eigenvalue weighted by Crippen LogP contribution is -2.61. The zero-order valence-electron chi connectivity index (χ0n) is 38.8. The Morgan fingerprint density at radius 3 is 1.44 bits per heavy atom. The second-order valence-electron chi connectivity index (χ2n) is 16.6. The lowest BCUT2D eigenvalue weighted by molar-refractivity contribution is -0.143. The van der Waals surface area contributed by atoms with E-state index in [2.05, 4.69) is 52.5 Å². The van der Waals surface area contributed by atoms with E-state index in [9.17, 15) is 73.5 Å². The zero-order valence-corrected chi connectivity index (χ0v) is 38.8. The normalized spacial score (nSPS) is 14.4. The molecule has 1 aromatic heterocycles. The van der Waals surface area contributed by atoms with Gasteiger partial charge in [0.25, 0.3) is 0 Å². The Morgan fingerprint density at radius 1 is 0.549 bits per heavy atom. The third-order valence-electron chi connectivity index (χ3n) is 10.4. The molecule has 0 aliphatic rings. The number of aliphatic hydroxyl groups is 3. The minimum absolute atomic E-state index is 0.0409. The molecule has 0 aliphatic heterocycles. The Labute approximate surface area is 406 Å². The predicted octanol–water partition coefficient (Wildman–Crippen LogP) is -5.14. The van der Waals surface area contributed by atoms with Crippen LogP contribution in [-0.2, 0) is 67.2 Å². The second-order valence-corrected chi connectivity index (χ2v) is 16.6. The molecule has 0 unspecified atom stereocenters. The lowest BCUT2D eigenvalue weighted by atomic mass is 10.0. The van der Waals surface area contributed by atoms with Crippen molar-refractivity contribution in [3.63, 3.8) is 0 Å². The SMILES string of the molecule is CC(C)C[C@H](NC(=O)[C@H](CO)NC(=O)CNC(=O)[C@H](CO)NC(=O)[C@H](CC(=O)O)NC(=O)[C@H](Cc1ccccc1)NC(=O)[C@H](Cc1cnc[nH]1)NC(=O)[C@H](Cc1ccccc1)NC(=O)[C@@H](N)CO)C(=O)O. The van der Waals surface area contributed by atoms with Gasteiger partial charge in [0, 0.05) is 31.2 Å². The van der Waals surface area contributed by atoms with Crippen LogP contribution < -0.4 is 48.3 Å². The van der Waals surface area contributed by atoms with Gasteiger partial charge in [-0.15, -0.1) is 0 Å². The third kappa shape index (κ3) is 20.0. The molecule has 1 heterocycles. The molecule has 8 atom stereocenters. The van der Waals surface area contributed by atoms with Crippen LogP contribution in [0.25, 0.3) is 0 Å². The number of carboxylic acids is 2. The highest BCUT2D eigenvalue weighted by Gasteiger charge is 2.35. The summed E-state index contributed by atoms with van der Waals surface area (Å²) >= 11 is 0. The maximum absolute atomic E-state index is 14.2. The van der Waals surface area contributed by atoms with Crippen molar-refractivity contribution >= 4 is 59.2 Å². The topological polar surface area (TPSA) is 423 Å². The lowest BCUT2D eigenvalue weighted by Gasteiger charge is -2.27. The van der Waals surface area contributed by atoms with Crippen LogP contribution in [-0.4, -0.2) is 169 Å². The van der Waals surface area contributed by atoms with Crippen molar-refractivity contribution in [2.45, 2.75) is 94.3 Å². The number of imidazole rings is 1. The van der Waals surface area contributed by atoms with Gasteiger partial charge in [0.05, 0.1) is 39.1 Å². The summed E-state index contributed by atoms with van der Waals surface area (Å²) in [5, 5.41) is 66.8. The van der Waals surface area contributed by atoms with Crippen LogP contribution in [0, 0.1) is 5.92 Å². The Morgan fingerprint density at radius 2 is 0.986 bits per heavy atom. The number of aromatic amines is 1. The highest BCUT2D eigenvalue weighted by atomic mass is 16.4. The number of aliphatic hydroxyl groups excluding tert-OH is 3. The molecule has 0 radical (unpaired) electrons. The zero-order chi connectivity index (χ0) is 52.6. The fraction of sp³-hybridized carbons (Fsp3) is 0.444. The standard InChI is InChI=1S/C45H61N11O15/c1-24(2)13-33(45(70)71)55-44(69)35(22-59)50-36(60)19-48-39(64)34(21-58)56-43(68)32(17-37(61)62)54-41(66)30(15-26-11-7-4-8-12-26)52-42(67)31(16-27-18-47-23-49-27)53-40(65)29(51-38(63)28(46)20-57)14-25-9-5-3-6-10-25/h3-12,18,23-24,28-35,57-59H,13-17,19-22,46H2,1-2H3,(H,47,49)(H,48,64)(H,50,60)(H,51,63)(H,52,67)(H,53,65)(H,54,66)(H,55,69)(H,56,68)(H,61,62)(H,70,71)/t28-,29-,30-,31-,32-,33-,34-,35-/m0/s1. The van der Waals surface area contributed by atoms with E-state index in [0.29, 0.717) is 16.8 Å². The molecule has 3 rings (SSSR count). The summed E-state index contributed by atoms with van der Waals surface area (Å²) in [6, 6.07) is 4.14. The van der Waals surface area contributed by atoms with Crippen molar-refractivity contribution < 1.29 is 73.5 Å². The second kappa shape index (κ2) is 29.3. The monoisotopic (exact) mass is 995 g/mol. The molecule has 3 aromatic rings. The number of nitrogens with two attached hydrogens (primary N) is 1. The summed E-state index contributed by atoms with van der Waals surface area (Å²) in [4.78, 5) is 137. The number of amides is 8.